The monoisotopic (exact) mass is 261 g/mol. The summed E-state index contributed by atoms with van der Waals surface area (Å²) in [5.41, 5.74) is 1.38. The van der Waals surface area contributed by atoms with Crippen molar-refractivity contribution in [2.24, 2.45) is 0 Å². The van der Waals surface area contributed by atoms with Gasteiger partial charge in [-0.25, -0.2) is 4.98 Å². The lowest BCUT2D eigenvalue weighted by atomic mass is 10.1. The number of nitrogens with zero attached hydrogens (tertiary/aromatic N) is 2. The molecular weight excluding hydrogens is 234 g/mol. The first-order chi connectivity index (χ1) is 9.24. The van der Waals surface area contributed by atoms with Gasteiger partial charge < -0.3 is 5.32 Å². The highest BCUT2D eigenvalue weighted by atomic mass is 15.2. The number of anilines is 1. The molecule has 2 atom stereocenters. The van der Waals surface area contributed by atoms with E-state index in [1.54, 1.807) is 0 Å². The van der Waals surface area contributed by atoms with E-state index in [2.05, 4.69) is 54.3 Å². The molecule has 106 valence electrons. The van der Waals surface area contributed by atoms with Crippen molar-refractivity contribution < 1.29 is 0 Å². The molecule has 1 saturated heterocycles. The molecule has 0 spiro atoms. The number of rotatable bonds is 6. The van der Waals surface area contributed by atoms with E-state index in [1.165, 1.54) is 37.9 Å². The number of likely N-dealkylation sites (tertiary alicyclic amines) is 1. The zero-order chi connectivity index (χ0) is 13.7. The first-order valence-corrected chi connectivity index (χ1v) is 7.71. The smallest absolute Gasteiger partial charge is 0.126 e. The molecule has 0 aliphatic carbocycles. The molecule has 1 aromatic rings. The summed E-state index contributed by atoms with van der Waals surface area (Å²) in [7, 11) is 0. The summed E-state index contributed by atoms with van der Waals surface area (Å²) in [6.07, 6.45) is 7.01. The van der Waals surface area contributed by atoms with Crippen molar-refractivity contribution in [3.05, 3.63) is 23.9 Å². The van der Waals surface area contributed by atoms with Gasteiger partial charge in [0.05, 0.1) is 0 Å². The van der Waals surface area contributed by atoms with Gasteiger partial charge in [0.15, 0.2) is 0 Å². The maximum atomic E-state index is 4.57. The van der Waals surface area contributed by atoms with Crippen LogP contribution in [0.25, 0.3) is 0 Å². The number of hydrogen-bond acceptors (Lipinski definition) is 3. The molecule has 19 heavy (non-hydrogen) atoms. The summed E-state index contributed by atoms with van der Waals surface area (Å²) >= 11 is 0. The first-order valence-electron chi connectivity index (χ1n) is 7.71. The van der Waals surface area contributed by atoms with Crippen LogP contribution in [0.15, 0.2) is 18.3 Å². The van der Waals surface area contributed by atoms with E-state index in [0.717, 1.165) is 12.2 Å². The van der Waals surface area contributed by atoms with E-state index in [-0.39, 0.29) is 0 Å². The summed E-state index contributed by atoms with van der Waals surface area (Å²) in [5.74, 6) is 0.998. The maximum absolute atomic E-state index is 4.57. The summed E-state index contributed by atoms with van der Waals surface area (Å²) in [4.78, 5) is 7.16. The van der Waals surface area contributed by atoms with Crippen LogP contribution in [-0.2, 0) is 0 Å². The number of aromatic nitrogens is 1. The Bertz CT molecular complexity index is 374. The molecule has 2 rings (SSSR count). The zero-order valence-corrected chi connectivity index (χ0v) is 12.5. The summed E-state index contributed by atoms with van der Waals surface area (Å²) < 4.78 is 0. The van der Waals surface area contributed by atoms with Crippen LogP contribution in [0.2, 0.25) is 0 Å². The van der Waals surface area contributed by atoms with E-state index in [1.807, 2.05) is 0 Å². The number of hydrogen-bond donors (Lipinski definition) is 1. The minimum Gasteiger partial charge on any atom is -0.368 e. The molecule has 0 amide bonds. The third-order valence-corrected chi connectivity index (χ3v) is 4.05. The molecule has 0 radical (unpaired) electrons. The van der Waals surface area contributed by atoms with Crippen molar-refractivity contribution in [3.8, 4) is 0 Å². The second-order valence-electron chi connectivity index (χ2n) is 5.62. The molecule has 1 N–H and O–H groups in total. The lowest BCUT2D eigenvalue weighted by Gasteiger charge is -2.24. The van der Waals surface area contributed by atoms with Crippen molar-refractivity contribution in [1.29, 1.82) is 0 Å². The Balaban J connectivity index is 2.01. The van der Waals surface area contributed by atoms with Crippen LogP contribution < -0.4 is 5.32 Å². The highest BCUT2D eigenvalue weighted by Crippen LogP contribution is 2.31. The van der Waals surface area contributed by atoms with Gasteiger partial charge in [0.25, 0.3) is 0 Å². The lowest BCUT2D eigenvalue weighted by Crippen LogP contribution is -2.24. The molecule has 1 aliphatic heterocycles. The van der Waals surface area contributed by atoms with Crippen molar-refractivity contribution >= 4 is 5.82 Å². The molecule has 1 aromatic heterocycles. The van der Waals surface area contributed by atoms with Crippen LogP contribution >= 0.6 is 0 Å². The second-order valence-corrected chi connectivity index (χ2v) is 5.62. The van der Waals surface area contributed by atoms with E-state index >= 15 is 0 Å². The van der Waals surface area contributed by atoms with Crippen LogP contribution in [0.1, 0.15) is 58.1 Å². The topological polar surface area (TPSA) is 28.2 Å². The maximum Gasteiger partial charge on any atom is 0.126 e. The van der Waals surface area contributed by atoms with Crippen molar-refractivity contribution in [3.63, 3.8) is 0 Å². The Labute approximate surface area is 117 Å². The predicted octanol–water partition coefficient (Wildman–Crippen LogP) is 3.84. The van der Waals surface area contributed by atoms with Crippen LogP contribution in [0.3, 0.4) is 0 Å². The van der Waals surface area contributed by atoms with Crippen LogP contribution in [0, 0.1) is 0 Å². The van der Waals surface area contributed by atoms with Crippen LogP contribution in [0.5, 0.6) is 0 Å². The fourth-order valence-corrected chi connectivity index (χ4v) is 2.80. The minimum atomic E-state index is 0.487. The largest absolute Gasteiger partial charge is 0.368 e. The molecule has 0 bridgehead atoms. The molecule has 2 heterocycles. The van der Waals surface area contributed by atoms with Gasteiger partial charge in [-0.3, -0.25) is 4.90 Å². The SMILES string of the molecule is CCCN1CCC[C@@H]1c1ccc(N[C@@H](C)CC)nc1. The molecule has 0 saturated carbocycles. The molecule has 3 nitrogen and oxygen atoms in total. The molecule has 3 heteroatoms. The first kappa shape index (κ1) is 14.3. The Hall–Kier alpha value is -1.09. The van der Waals surface area contributed by atoms with Gasteiger partial charge in [0, 0.05) is 18.3 Å². The van der Waals surface area contributed by atoms with Gasteiger partial charge in [-0.05, 0) is 57.3 Å². The second kappa shape index (κ2) is 6.90. The average Bonchev–Trinajstić information content (AvgIpc) is 2.88. The highest BCUT2D eigenvalue weighted by molar-refractivity contribution is 5.37. The molecule has 0 aromatic carbocycles. The third-order valence-electron chi connectivity index (χ3n) is 4.05. The van der Waals surface area contributed by atoms with Crippen molar-refractivity contribution in [1.82, 2.24) is 9.88 Å². The zero-order valence-electron chi connectivity index (χ0n) is 12.5. The number of nitrogens with one attached hydrogen (secondary N) is 1. The van der Waals surface area contributed by atoms with Crippen molar-refractivity contribution in [2.75, 3.05) is 18.4 Å². The normalized spacial score (nSPS) is 21.5. The van der Waals surface area contributed by atoms with Gasteiger partial charge in [0.1, 0.15) is 5.82 Å². The van der Waals surface area contributed by atoms with Gasteiger partial charge in [-0.2, -0.15) is 0 Å². The highest BCUT2D eigenvalue weighted by Gasteiger charge is 2.25. The summed E-state index contributed by atoms with van der Waals surface area (Å²) in [6, 6.07) is 5.45. The third kappa shape index (κ3) is 3.69. The lowest BCUT2D eigenvalue weighted by molar-refractivity contribution is 0.257. The van der Waals surface area contributed by atoms with Gasteiger partial charge >= 0.3 is 0 Å². The van der Waals surface area contributed by atoms with Gasteiger partial charge in [-0.15, -0.1) is 0 Å². The van der Waals surface area contributed by atoms with Crippen LogP contribution in [-0.4, -0.2) is 29.0 Å². The minimum absolute atomic E-state index is 0.487. The van der Waals surface area contributed by atoms with E-state index in [9.17, 15) is 0 Å². The Kier molecular flexibility index (Phi) is 5.20. The Morgan fingerprint density at radius 3 is 2.89 bits per heavy atom. The molecule has 0 unspecified atom stereocenters. The molecular formula is C16H27N3. The fraction of sp³-hybridized carbons (Fsp3) is 0.688. The standard InChI is InChI=1S/C16H27N3/c1-4-10-19-11-6-7-15(19)14-8-9-16(17-12-14)18-13(3)5-2/h8-9,12-13,15H,4-7,10-11H2,1-3H3,(H,17,18)/t13-,15+/m0/s1. The average molecular weight is 261 g/mol. The van der Waals surface area contributed by atoms with Crippen molar-refractivity contribution in [2.45, 2.75) is 58.5 Å². The predicted molar refractivity (Wildman–Crippen MR) is 81.5 cm³/mol. The van der Waals surface area contributed by atoms with Gasteiger partial charge in [-0.1, -0.05) is 19.9 Å². The fourth-order valence-electron chi connectivity index (χ4n) is 2.80. The Morgan fingerprint density at radius 1 is 1.42 bits per heavy atom. The number of pyridine rings is 1. The summed E-state index contributed by atoms with van der Waals surface area (Å²) in [6.45, 7) is 9.08. The summed E-state index contributed by atoms with van der Waals surface area (Å²) in [5, 5.41) is 3.42. The Morgan fingerprint density at radius 2 is 2.26 bits per heavy atom. The van der Waals surface area contributed by atoms with Gasteiger partial charge in [0.2, 0.25) is 0 Å². The van der Waals surface area contributed by atoms with E-state index < -0.39 is 0 Å². The quantitative estimate of drug-likeness (QED) is 0.843. The molecule has 1 fully saturated rings. The van der Waals surface area contributed by atoms with E-state index in [4.69, 9.17) is 0 Å². The van der Waals surface area contributed by atoms with Crippen LogP contribution in [0.4, 0.5) is 5.82 Å². The molecule has 1 aliphatic rings. The van der Waals surface area contributed by atoms with E-state index in [0.29, 0.717) is 12.1 Å².